The predicted molar refractivity (Wildman–Crippen MR) is 116 cm³/mol. The van der Waals surface area contributed by atoms with Crippen LogP contribution in [-0.2, 0) is 11.2 Å². The second-order valence-corrected chi connectivity index (χ2v) is 8.94. The fraction of sp³-hybridized carbons (Fsp3) is 0.750. The Morgan fingerprint density at radius 1 is 1.25 bits per heavy atom. The summed E-state index contributed by atoms with van der Waals surface area (Å²) in [5.41, 5.74) is 0.839. The van der Waals surface area contributed by atoms with E-state index < -0.39 is 0 Å². The Morgan fingerprint density at radius 2 is 1.96 bits per heavy atom. The van der Waals surface area contributed by atoms with Gasteiger partial charge in [-0.05, 0) is 25.7 Å². The van der Waals surface area contributed by atoms with Gasteiger partial charge in [0.25, 0.3) is 0 Å². The summed E-state index contributed by atoms with van der Waals surface area (Å²) in [4.78, 5) is 25.9. The minimum Gasteiger partial charge on any atom is -0.356 e. The first-order valence-corrected chi connectivity index (χ1v) is 11.3. The first-order valence-electron chi connectivity index (χ1n) is 10.4. The average Bonchev–Trinajstić information content (AvgIpc) is 3.45. The standard InChI is InChI=1S/C20H34N6OS/c1-21-18(23-15-20(9-4-5-10-20)17(27)25(2)3)22-11-8-16-14-28-19(24-16)26-12-6-7-13-26/h14H,4-13,15H2,1-3H3,(H2,21,22,23). The van der Waals surface area contributed by atoms with Crippen LogP contribution in [0.15, 0.2) is 10.4 Å². The molecule has 0 spiro atoms. The lowest BCUT2D eigenvalue weighted by Crippen LogP contribution is -2.49. The van der Waals surface area contributed by atoms with Crippen molar-refractivity contribution >= 4 is 28.3 Å². The monoisotopic (exact) mass is 406 g/mol. The van der Waals surface area contributed by atoms with Gasteiger partial charge in [0.05, 0.1) is 11.1 Å². The Bertz CT molecular complexity index is 674. The smallest absolute Gasteiger partial charge is 0.230 e. The van der Waals surface area contributed by atoms with E-state index in [2.05, 4.69) is 25.9 Å². The van der Waals surface area contributed by atoms with Crippen LogP contribution < -0.4 is 15.5 Å². The Morgan fingerprint density at radius 3 is 2.61 bits per heavy atom. The number of guanidine groups is 1. The molecule has 0 radical (unpaired) electrons. The number of carbonyl (C=O) groups excluding carboxylic acids is 1. The van der Waals surface area contributed by atoms with E-state index in [-0.39, 0.29) is 11.3 Å². The first-order chi connectivity index (χ1) is 13.5. The third-order valence-electron chi connectivity index (χ3n) is 5.83. The summed E-state index contributed by atoms with van der Waals surface area (Å²) in [5, 5.41) is 10.1. The van der Waals surface area contributed by atoms with Gasteiger partial charge in [-0.3, -0.25) is 9.79 Å². The zero-order chi connectivity index (χ0) is 20.0. The van der Waals surface area contributed by atoms with Crippen LogP contribution in [0.25, 0.3) is 0 Å². The van der Waals surface area contributed by atoms with Crippen molar-refractivity contribution in [2.45, 2.75) is 44.9 Å². The topological polar surface area (TPSA) is 72.9 Å². The minimum atomic E-state index is -0.291. The molecular weight excluding hydrogens is 372 g/mol. The number of aromatic nitrogens is 1. The van der Waals surface area contributed by atoms with E-state index in [1.54, 1.807) is 23.3 Å². The Balaban J connectivity index is 1.46. The molecule has 1 saturated heterocycles. The second-order valence-electron chi connectivity index (χ2n) is 8.11. The molecule has 2 N–H and O–H groups in total. The van der Waals surface area contributed by atoms with Gasteiger partial charge < -0.3 is 20.4 Å². The third kappa shape index (κ3) is 4.96. The molecule has 1 saturated carbocycles. The molecule has 2 aliphatic rings. The summed E-state index contributed by atoms with van der Waals surface area (Å²) < 4.78 is 0. The zero-order valence-electron chi connectivity index (χ0n) is 17.5. The van der Waals surface area contributed by atoms with Gasteiger partial charge in [0.15, 0.2) is 11.1 Å². The molecule has 1 aromatic heterocycles. The van der Waals surface area contributed by atoms with Crippen LogP contribution in [0.2, 0.25) is 0 Å². The molecular formula is C20H34N6OS. The lowest BCUT2D eigenvalue weighted by atomic mass is 9.84. The van der Waals surface area contributed by atoms with Crippen molar-refractivity contribution in [2.75, 3.05) is 52.2 Å². The molecule has 0 bridgehead atoms. The van der Waals surface area contributed by atoms with Gasteiger partial charge in [0.2, 0.25) is 5.91 Å². The molecule has 1 aliphatic heterocycles. The molecule has 156 valence electrons. The van der Waals surface area contributed by atoms with Gasteiger partial charge in [-0.2, -0.15) is 0 Å². The van der Waals surface area contributed by atoms with Gasteiger partial charge in [-0.1, -0.05) is 12.8 Å². The number of aliphatic imine (C=N–C) groups is 1. The fourth-order valence-electron chi connectivity index (χ4n) is 4.24. The Labute approximate surface area is 172 Å². The van der Waals surface area contributed by atoms with Crippen molar-refractivity contribution in [1.29, 1.82) is 0 Å². The van der Waals surface area contributed by atoms with Crippen molar-refractivity contribution in [3.8, 4) is 0 Å². The van der Waals surface area contributed by atoms with Crippen molar-refractivity contribution < 1.29 is 4.79 Å². The van der Waals surface area contributed by atoms with Crippen molar-refractivity contribution in [2.24, 2.45) is 10.4 Å². The third-order valence-corrected chi connectivity index (χ3v) is 6.78. The average molecular weight is 407 g/mol. The predicted octanol–water partition coefficient (Wildman–Crippen LogP) is 2.10. The summed E-state index contributed by atoms with van der Waals surface area (Å²) in [6.07, 6.45) is 7.56. The molecule has 28 heavy (non-hydrogen) atoms. The van der Waals surface area contributed by atoms with Crippen LogP contribution in [0.1, 0.15) is 44.2 Å². The largest absolute Gasteiger partial charge is 0.356 e. The number of rotatable bonds is 7. The van der Waals surface area contributed by atoms with Crippen LogP contribution in [0, 0.1) is 5.41 Å². The number of hydrogen-bond donors (Lipinski definition) is 2. The molecule has 7 nitrogen and oxygen atoms in total. The van der Waals surface area contributed by atoms with E-state index in [1.807, 2.05) is 14.1 Å². The van der Waals surface area contributed by atoms with E-state index in [4.69, 9.17) is 4.98 Å². The summed E-state index contributed by atoms with van der Waals surface area (Å²) in [6, 6.07) is 0. The maximum Gasteiger partial charge on any atom is 0.230 e. The molecule has 0 aromatic carbocycles. The van der Waals surface area contributed by atoms with Gasteiger partial charge in [0.1, 0.15) is 0 Å². The van der Waals surface area contributed by atoms with E-state index in [1.165, 1.54) is 12.8 Å². The highest BCUT2D eigenvalue weighted by atomic mass is 32.1. The summed E-state index contributed by atoms with van der Waals surface area (Å²) >= 11 is 1.74. The quantitative estimate of drug-likeness (QED) is 0.536. The van der Waals surface area contributed by atoms with E-state index in [0.717, 1.165) is 68.5 Å². The second kappa shape index (κ2) is 9.58. The van der Waals surface area contributed by atoms with Gasteiger partial charge in [0, 0.05) is 59.1 Å². The maximum atomic E-state index is 12.7. The first kappa shape index (κ1) is 20.9. The van der Waals surface area contributed by atoms with Crippen molar-refractivity contribution in [1.82, 2.24) is 20.5 Å². The SMILES string of the molecule is CN=C(NCCc1csc(N2CCCC2)n1)NCC1(C(=O)N(C)C)CCCC1. The van der Waals surface area contributed by atoms with Crippen LogP contribution in [0.4, 0.5) is 5.13 Å². The normalized spacial score (nSPS) is 19.1. The Kier molecular flexibility index (Phi) is 7.15. The van der Waals surface area contributed by atoms with Crippen molar-refractivity contribution in [3.63, 3.8) is 0 Å². The highest BCUT2D eigenvalue weighted by Gasteiger charge is 2.42. The molecule has 3 rings (SSSR count). The molecule has 1 amide bonds. The zero-order valence-corrected chi connectivity index (χ0v) is 18.3. The van der Waals surface area contributed by atoms with Crippen LogP contribution in [0.3, 0.4) is 0 Å². The van der Waals surface area contributed by atoms with Gasteiger partial charge in [-0.15, -0.1) is 11.3 Å². The molecule has 8 heteroatoms. The van der Waals surface area contributed by atoms with E-state index in [0.29, 0.717) is 6.54 Å². The molecule has 1 aromatic rings. The number of carbonyl (C=O) groups is 1. The minimum absolute atomic E-state index is 0.227. The lowest BCUT2D eigenvalue weighted by Gasteiger charge is -2.31. The Hall–Kier alpha value is -1.83. The molecule has 1 aliphatic carbocycles. The summed E-state index contributed by atoms with van der Waals surface area (Å²) in [7, 11) is 5.47. The number of hydrogen-bond acceptors (Lipinski definition) is 5. The summed E-state index contributed by atoms with van der Waals surface area (Å²) in [6.45, 7) is 3.68. The fourth-order valence-corrected chi connectivity index (χ4v) is 5.15. The number of nitrogens with zero attached hydrogens (tertiary/aromatic N) is 4. The number of thiazole rings is 1. The lowest BCUT2D eigenvalue weighted by molar-refractivity contribution is -0.138. The van der Waals surface area contributed by atoms with Crippen LogP contribution in [-0.4, -0.2) is 69.1 Å². The van der Waals surface area contributed by atoms with Crippen LogP contribution in [0.5, 0.6) is 0 Å². The number of nitrogens with one attached hydrogen (secondary N) is 2. The highest BCUT2D eigenvalue weighted by Crippen LogP contribution is 2.38. The molecule has 2 heterocycles. The van der Waals surface area contributed by atoms with Crippen LogP contribution >= 0.6 is 11.3 Å². The van der Waals surface area contributed by atoms with Gasteiger partial charge in [-0.25, -0.2) is 4.98 Å². The number of amides is 1. The molecule has 2 fully saturated rings. The van der Waals surface area contributed by atoms with E-state index in [9.17, 15) is 4.79 Å². The van der Waals surface area contributed by atoms with Gasteiger partial charge >= 0.3 is 0 Å². The molecule has 0 unspecified atom stereocenters. The van der Waals surface area contributed by atoms with E-state index >= 15 is 0 Å². The summed E-state index contributed by atoms with van der Waals surface area (Å²) in [5.74, 6) is 0.984. The highest BCUT2D eigenvalue weighted by molar-refractivity contribution is 7.13. The van der Waals surface area contributed by atoms with Crippen molar-refractivity contribution in [3.05, 3.63) is 11.1 Å². The molecule has 0 atom stereocenters. The number of anilines is 1. The maximum absolute atomic E-state index is 12.7.